The number of rotatable bonds is 3. The number of hydrogen-bond acceptors (Lipinski definition) is 2. The van der Waals surface area contributed by atoms with Crippen LogP contribution in [0.5, 0.6) is 5.75 Å². The summed E-state index contributed by atoms with van der Waals surface area (Å²) < 4.78 is 0. The van der Waals surface area contributed by atoms with E-state index in [0.29, 0.717) is 5.75 Å². The fraction of sp³-hybridized carbons (Fsp3) is 0.333. The van der Waals surface area contributed by atoms with Crippen molar-refractivity contribution in [2.75, 3.05) is 19.6 Å². The lowest BCUT2D eigenvalue weighted by Gasteiger charge is -2.18. The third-order valence-electron chi connectivity index (χ3n) is 8.84. The molecule has 1 N–H and O–H groups in total. The van der Waals surface area contributed by atoms with E-state index in [1.807, 2.05) is 0 Å². The maximum atomic E-state index is 10.5. The third kappa shape index (κ3) is 4.90. The van der Waals surface area contributed by atoms with Crippen LogP contribution >= 0.6 is 0 Å². The van der Waals surface area contributed by atoms with Gasteiger partial charge in [-0.3, -0.25) is 0 Å². The SMILES string of the molecule is Cc1cc2ccc(CCN3CCCC3)c(O)c2cc1C.c1ccc2c(c1)ccc1c3c(ccc12)CCCC3. The van der Waals surface area contributed by atoms with E-state index in [1.54, 1.807) is 11.1 Å². The summed E-state index contributed by atoms with van der Waals surface area (Å²) in [4.78, 5) is 2.49. The second-order valence-electron chi connectivity index (χ2n) is 11.3. The Morgan fingerprint density at radius 3 is 2.26 bits per heavy atom. The molecule has 5 aromatic rings. The predicted molar refractivity (Wildman–Crippen MR) is 163 cm³/mol. The summed E-state index contributed by atoms with van der Waals surface area (Å²) >= 11 is 0. The molecule has 1 fully saturated rings. The minimum Gasteiger partial charge on any atom is -0.507 e. The Bertz CT molecular complexity index is 1610. The molecule has 0 unspecified atom stereocenters. The first kappa shape index (κ1) is 24.9. The first-order valence-corrected chi connectivity index (χ1v) is 14.4. The molecule has 1 aliphatic carbocycles. The quantitative estimate of drug-likeness (QED) is 0.250. The van der Waals surface area contributed by atoms with E-state index in [2.05, 4.69) is 91.5 Å². The molecule has 194 valence electrons. The molecule has 2 aliphatic rings. The standard InChI is InChI=1S/C18H23NO.C18H16/c1-13-11-16-6-5-15(7-10-19-8-3-4-9-19)18(20)17(16)12-14(13)2;1-3-7-15-13(5-1)9-11-18-16-8-4-2-6-14(16)10-12-17(15)18/h5-6,11-12,20H,3-4,7-10H2,1-2H3;1,3,5,7,9-12H,2,4,6,8H2. The maximum Gasteiger partial charge on any atom is 0.126 e. The van der Waals surface area contributed by atoms with Gasteiger partial charge in [-0.1, -0.05) is 66.7 Å². The molecule has 0 radical (unpaired) electrons. The van der Waals surface area contributed by atoms with Gasteiger partial charge >= 0.3 is 0 Å². The molecule has 38 heavy (non-hydrogen) atoms. The molecule has 0 saturated carbocycles. The Kier molecular flexibility index (Phi) is 7.08. The minimum atomic E-state index is 0.477. The number of likely N-dealkylation sites (tertiary alicyclic amines) is 1. The molecule has 1 aliphatic heterocycles. The van der Waals surface area contributed by atoms with E-state index in [1.165, 1.54) is 84.3 Å². The number of phenolic OH excluding ortho intramolecular Hbond substituents is 1. The highest BCUT2D eigenvalue weighted by Crippen LogP contribution is 2.33. The van der Waals surface area contributed by atoms with Crippen molar-refractivity contribution >= 4 is 32.3 Å². The van der Waals surface area contributed by atoms with Crippen LogP contribution in [-0.4, -0.2) is 29.6 Å². The highest BCUT2D eigenvalue weighted by Gasteiger charge is 2.14. The lowest BCUT2D eigenvalue weighted by Crippen LogP contribution is -2.21. The Hall–Kier alpha value is -3.36. The summed E-state index contributed by atoms with van der Waals surface area (Å²) in [6, 6.07) is 26.5. The van der Waals surface area contributed by atoms with Gasteiger partial charge in [0.15, 0.2) is 0 Å². The van der Waals surface area contributed by atoms with Crippen LogP contribution in [0.4, 0.5) is 0 Å². The fourth-order valence-corrected chi connectivity index (χ4v) is 6.45. The Morgan fingerprint density at radius 1 is 0.658 bits per heavy atom. The lowest BCUT2D eigenvalue weighted by atomic mass is 9.86. The van der Waals surface area contributed by atoms with Crippen molar-refractivity contribution in [2.45, 2.75) is 58.8 Å². The molecule has 7 rings (SSSR count). The summed E-state index contributed by atoms with van der Waals surface area (Å²) in [5.74, 6) is 0.477. The Labute approximate surface area is 226 Å². The zero-order chi connectivity index (χ0) is 26.1. The van der Waals surface area contributed by atoms with Crippen molar-refractivity contribution in [3.05, 3.63) is 101 Å². The normalized spacial score (nSPS) is 15.5. The Balaban J connectivity index is 0.000000140. The van der Waals surface area contributed by atoms with Crippen molar-refractivity contribution in [1.29, 1.82) is 0 Å². The first-order valence-electron chi connectivity index (χ1n) is 14.4. The fourth-order valence-electron chi connectivity index (χ4n) is 6.45. The van der Waals surface area contributed by atoms with E-state index in [4.69, 9.17) is 0 Å². The minimum absolute atomic E-state index is 0.477. The van der Waals surface area contributed by atoms with E-state index < -0.39 is 0 Å². The van der Waals surface area contributed by atoms with Crippen molar-refractivity contribution in [1.82, 2.24) is 4.90 Å². The van der Waals surface area contributed by atoms with Crippen molar-refractivity contribution < 1.29 is 5.11 Å². The molecule has 0 atom stereocenters. The first-order chi connectivity index (χ1) is 18.6. The van der Waals surface area contributed by atoms with Crippen LogP contribution in [-0.2, 0) is 19.3 Å². The van der Waals surface area contributed by atoms with Gasteiger partial charge in [0.05, 0.1) is 0 Å². The number of aryl methyl sites for hydroxylation is 4. The molecule has 1 saturated heterocycles. The number of phenols is 1. The van der Waals surface area contributed by atoms with Crippen LogP contribution in [0, 0.1) is 13.8 Å². The van der Waals surface area contributed by atoms with E-state index >= 15 is 0 Å². The van der Waals surface area contributed by atoms with Gasteiger partial charge in [0.1, 0.15) is 5.75 Å². The number of aromatic hydroxyl groups is 1. The summed E-state index contributed by atoms with van der Waals surface area (Å²) in [5, 5.41) is 18.3. The van der Waals surface area contributed by atoms with Crippen LogP contribution in [0.15, 0.2) is 72.8 Å². The van der Waals surface area contributed by atoms with Crippen molar-refractivity contribution in [3.63, 3.8) is 0 Å². The molecule has 1 heterocycles. The maximum absolute atomic E-state index is 10.5. The average Bonchev–Trinajstić information content (AvgIpc) is 3.48. The topological polar surface area (TPSA) is 23.5 Å². The number of nitrogens with zero attached hydrogens (tertiary/aromatic N) is 1. The summed E-state index contributed by atoms with van der Waals surface area (Å²) in [7, 11) is 0. The van der Waals surface area contributed by atoms with Crippen LogP contribution < -0.4 is 0 Å². The number of hydrogen-bond donors (Lipinski definition) is 1. The summed E-state index contributed by atoms with van der Waals surface area (Å²) in [6.45, 7) is 7.71. The molecule has 0 spiro atoms. The van der Waals surface area contributed by atoms with Gasteiger partial charge in [0.2, 0.25) is 0 Å². The smallest absolute Gasteiger partial charge is 0.126 e. The zero-order valence-corrected chi connectivity index (χ0v) is 22.9. The molecule has 0 bridgehead atoms. The van der Waals surface area contributed by atoms with E-state index in [9.17, 15) is 5.11 Å². The Morgan fingerprint density at radius 2 is 1.39 bits per heavy atom. The van der Waals surface area contributed by atoms with Gasteiger partial charge < -0.3 is 10.0 Å². The highest BCUT2D eigenvalue weighted by molar-refractivity contribution is 6.08. The lowest BCUT2D eigenvalue weighted by molar-refractivity contribution is 0.341. The van der Waals surface area contributed by atoms with Crippen LogP contribution in [0.3, 0.4) is 0 Å². The molecule has 2 nitrogen and oxygen atoms in total. The van der Waals surface area contributed by atoms with Crippen molar-refractivity contribution in [3.8, 4) is 5.75 Å². The van der Waals surface area contributed by atoms with Gasteiger partial charge in [0.25, 0.3) is 0 Å². The van der Waals surface area contributed by atoms with Gasteiger partial charge in [-0.05, 0) is 133 Å². The monoisotopic (exact) mass is 501 g/mol. The highest BCUT2D eigenvalue weighted by atomic mass is 16.3. The summed E-state index contributed by atoms with van der Waals surface area (Å²) in [6.07, 6.45) is 8.80. The third-order valence-corrected chi connectivity index (χ3v) is 8.84. The second-order valence-corrected chi connectivity index (χ2v) is 11.3. The van der Waals surface area contributed by atoms with E-state index in [-0.39, 0.29) is 0 Å². The summed E-state index contributed by atoms with van der Waals surface area (Å²) in [5.41, 5.74) is 6.77. The van der Waals surface area contributed by atoms with Gasteiger partial charge in [-0.2, -0.15) is 0 Å². The van der Waals surface area contributed by atoms with Gasteiger partial charge in [-0.25, -0.2) is 0 Å². The van der Waals surface area contributed by atoms with Crippen LogP contribution in [0.25, 0.3) is 32.3 Å². The largest absolute Gasteiger partial charge is 0.507 e. The molecular formula is C36H39NO. The van der Waals surface area contributed by atoms with E-state index in [0.717, 1.165) is 29.3 Å². The number of benzene rings is 5. The second kappa shape index (κ2) is 10.8. The molecular weight excluding hydrogens is 462 g/mol. The molecule has 2 heteroatoms. The number of fused-ring (bicyclic) bond motifs is 6. The van der Waals surface area contributed by atoms with Gasteiger partial charge in [-0.15, -0.1) is 0 Å². The van der Waals surface area contributed by atoms with Crippen molar-refractivity contribution in [2.24, 2.45) is 0 Å². The zero-order valence-electron chi connectivity index (χ0n) is 22.9. The van der Waals surface area contributed by atoms with Gasteiger partial charge in [0, 0.05) is 11.9 Å². The molecule has 5 aromatic carbocycles. The molecule has 0 aromatic heterocycles. The predicted octanol–water partition coefficient (Wildman–Crippen LogP) is 8.67. The van der Waals surface area contributed by atoms with Crippen LogP contribution in [0.1, 0.15) is 53.5 Å². The van der Waals surface area contributed by atoms with Crippen LogP contribution in [0.2, 0.25) is 0 Å². The molecule has 0 amide bonds. The average molecular weight is 502 g/mol.